The van der Waals surface area contributed by atoms with Gasteiger partial charge in [0.1, 0.15) is 17.5 Å². The minimum absolute atomic E-state index is 0.0607. The first kappa shape index (κ1) is 21.4. The van der Waals surface area contributed by atoms with E-state index in [2.05, 4.69) is 4.98 Å². The van der Waals surface area contributed by atoms with Crippen LogP contribution in [-0.2, 0) is 11.2 Å². The van der Waals surface area contributed by atoms with Crippen molar-refractivity contribution in [3.05, 3.63) is 75.9 Å². The number of fused-ring (bicyclic) bond motifs is 1. The van der Waals surface area contributed by atoms with E-state index in [4.69, 9.17) is 26.2 Å². The maximum atomic E-state index is 12.4. The van der Waals surface area contributed by atoms with Gasteiger partial charge in [-0.15, -0.1) is 11.3 Å². The lowest BCUT2D eigenvalue weighted by atomic mass is 10.1. The lowest BCUT2D eigenvalue weighted by Crippen LogP contribution is -2.07. The van der Waals surface area contributed by atoms with Crippen molar-refractivity contribution >= 4 is 34.6 Å². The Morgan fingerprint density at radius 1 is 1.29 bits per heavy atom. The van der Waals surface area contributed by atoms with Gasteiger partial charge in [0.15, 0.2) is 4.88 Å². The van der Waals surface area contributed by atoms with Crippen molar-refractivity contribution in [2.24, 2.45) is 0 Å². The number of esters is 1. The Hall–Kier alpha value is -2.87. The van der Waals surface area contributed by atoms with Gasteiger partial charge in [0, 0.05) is 29.5 Å². The fourth-order valence-corrected chi connectivity index (χ4v) is 4.75. The standard InChI is InChI=1S/C23H21ClN2O4S/c1-14(16-7-6-15(8-10-27)11-17(16)24)30-19-12-20(31-22(19)23(28)29-2)18-13-25-21-5-3-4-9-26(18)21/h3-7,9,11-14,27H,8,10H2,1-2H3/t14-/m1/s1. The zero-order chi connectivity index (χ0) is 22.0. The third kappa shape index (κ3) is 4.30. The number of hydrogen-bond acceptors (Lipinski definition) is 6. The van der Waals surface area contributed by atoms with E-state index in [0.717, 1.165) is 27.3 Å². The third-order valence-corrected chi connectivity index (χ3v) is 6.39. The Morgan fingerprint density at radius 3 is 2.87 bits per heavy atom. The summed E-state index contributed by atoms with van der Waals surface area (Å²) in [5.74, 6) is -0.0302. The van der Waals surface area contributed by atoms with Gasteiger partial charge in [0.25, 0.3) is 0 Å². The molecule has 0 unspecified atom stereocenters. The molecular weight excluding hydrogens is 436 g/mol. The van der Waals surface area contributed by atoms with E-state index in [0.29, 0.717) is 22.1 Å². The number of nitrogens with zero attached hydrogens (tertiary/aromatic N) is 2. The fraction of sp³-hybridized carbons (Fsp3) is 0.217. The average Bonchev–Trinajstić information content (AvgIpc) is 3.37. The molecule has 0 aliphatic carbocycles. The van der Waals surface area contributed by atoms with E-state index in [9.17, 15) is 4.79 Å². The number of halogens is 1. The van der Waals surface area contributed by atoms with Gasteiger partial charge >= 0.3 is 5.97 Å². The van der Waals surface area contributed by atoms with Gasteiger partial charge in [0.2, 0.25) is 0 Å². The molecule has 0 saturated heterocycles. The molecule has 31 heavy (non-hydrogen) atoms. The van der Waals surface area contributed by atoms with Gasteiger partial charge in [-0.2, -0.15) is 0 Å². The molecule has 0 fully saturated rings. The number of benzene rings is 1. The minimum atomic E-state index is -0.461. The number of aliphatic hydroxyl groups excluding tert-OH is 1. The molecule has 3 aromatic heterocycles. The van der Waals surface area contributed by atoms with Crippen LogP contribution in [0.5, 0.6) is 5.75 Å². The van der Waals surface area contributed by atoms with E-state index in [1.807, 2.05) is 60.0 Å². The number of hydrogen-bond donors (Lipinski definition) is 1. The quantitative estimate of drug-likeness (QED) is 0.388. The number of methoxy groups -OCH3 is 1. The Labute approximate surface area is 188 Å². The van der Waals surface area contributed by atoms with Crippen molar-refractivity contribution in [2.75, 3.05) is 13.7 Å². The zero-order valence-electron chi connectivity index (χ0n) is 17.0. The summed E-state index contributed by atoms with van der Waals surface area (Å²) >= 11 is 7.74. The molecule has 4 rings (SSSR count). The highest BCUT2D eigenvalue weighted by atomic mass is 35.5. The second kappa shape index (κ2) is 9.09. The first-order valence-electron chi connectivity index (χ1n) is 9.72. The van der Waals surface area contributed by atoms with Crippen LogP contribution in [0.2, 0.25) is 5.02 Å². The molecule has 0 aliphatic rings. The first-order valence-corrected chi connectivity index (χ1v) is 10.9. The van der Waals surface area contributed by atoms with Crippen molar-refractivity contribution in [1.82, 2.24) is 9.38 Å². The number of ether oxygens (including phenoxy) is 2. The van der Waals surface area contributed by atoms with Crippen LogP contribution in [0, 0.1) is 0 Å². The largest absolute Gasteiger partial charge is 0.484 e. The highest BCUT2D eigenvalue weighted by Crippen LogP contribution is 2.39. The number of carbonyl (C=O) groups is 1. The van der Waals surface area contributed by atoms with E-state index >= 15 is 0 Å². The third-order valence-electron chi connectivity index (χ3n) is 4.95. The Morgan fingerprint density at radius 2 is 2.13 bits per heavy atom. The average molecular weight is 457 g/mol. The smallest absolute Gasteiger partial charge is 0.351 e. The van der Waals surface area contributed by atoms with Crippen molar-refractivity contribution in [1.29, 1.82) is 0 Å². The maximum Gasteiger partial charge on any atom is 0.351 e. The zero-order valence-corrected chi connectivity index (χ0v) is 18.6. The van der Waals surface area contributed by atoms with Crippen LogP contribution in [0.1, 0.15) is 33.8 Å². The van der Waals surface area contributed by atoms with Crippen molar-refractivity contribution in [3.8, 4) is 16.3 Å². The van der Waals surface area contributed by atoms with Gasteiger partial charge in [-0.05, 0) is 37.1 Å². The van der Waals surface area contributed by atoms with Crippen LogP contribution in [0.4, 0.5) is 0 Å². The number of aliphatic hydroxyl groups is 1. The molecule has 0 spiro atoms. The summed E-state index contributed by atoms with van der Waals surface area (Å²) < 4.78 is 13.1. The Kier molecular flexibility index (Phi) is 6.27. The predicted octanol–water partition coefficient (Wildman–Crippen LogP) is 5.18. The number of aromatic nitrogens is 2. The summed E-state index contributed by atoms with van der Waals surface area (Å²) in [7, 11) is 1.35. The van der Waals surface area contributed by atoms with Gasteiger partial charge in [-0.1, -0.05) is 29.8 Å². The number of pyridine rings is 1. The fourth-order valence-electron chi connectivity index (χ4n) is 3.38. The SMILES string of the molecule is COC(=O)c1sc(-c2cnc3ccccn23)cc1O[C@H](C)c1ccc(CCO)cc1Cl. The molecule has 0 radical (unpaired) electrons. The van der Waals surface area contributed by atoms with Crippen LogP contribution in [0.3, 0.4) is 0 Å². The van der Waals surface area contributed by atoms with E-state index in [1.165, 1.54) is 18.4 Å². The van der Waals surface area contributed by atoms with Crippen LogP contribution < -0.4 is 4.74 Å². The highest BCUT2D eigenvalue weighted by Gasteiger charge is 2.23. The van der Waals surface area contributed by atoms with Crippen LogP contribution >= 0.6 is 22.9 Å². The molecule has 1 atom stereocenters. The second-order valence-electron chi connectivity index (χ2n) is 6.96. The normalized spacial score (nSPS) is 12.1. The lowest BCUT2D eigenvalue weighted by molar-refractivity contribution is 0.0600. The van der Waals surface area contributed by atoms with Crippen LogP contribution in [0.15, 0.2) is 54.9 Å². The lowest BCUT2D eigenvalue weighted by Gasteiger charge is -2.17. The Balaban J connectivity index is 1.68. The molecule has 3 heterocycles. The molecule has 0 bridgehead atoms. The van der Waals surface area contributed by atoms with Gasteiger partial charge in [-0.3, -0.25) is 4.40 Å². The van der Waals surface area contributed by atoms with Crippen molar-refractivity contribution in [3.63, 3.8) is 0 Å². The highest BCUT2D eigenvalue weighted by molar-refractivity contribution is 7.17. The maximum absolute atomic E-state index is 12.4. The molecule has 1 N–H and O–H groups in total. The van der Waals surface area contributed by atoms with Crippen molar-refractivity contribution < 1.29 is 19.4 Å². The summed E-state index contributed by atoms with van der Waals surface area (Å²) in [6.07, 6.45) is 3.83. The van der Waals surface area contributed by atoms with E-state index in [1.54, 1.807) is 6.20 Å². The molecule has 0 aliphatic heterocycles. The molecule has 0 amide bonds. The summed E-state index contributed by atoms with van der Waals surface area (Å²) in [5.41, 5.74) is 3.42. The predicted molar refractivity (Wildman–Crippen MR) is 121 cm³/mol. The summed E-state index contributed by atoms with van der Waals surface area (Å²) in [6.45, 7) is 1.94. The number of imidazole rings is 1. The summed E-state index contributed by atoms with van der Waals surface area (Å²) in [4.78, 5) is 18.1. The van der Waals surface area contributed by atoms with Gasteiger partial charge in [-0.25, -0.2) is 9.78 Å². The molecule has 4 aromatic rings. The molecule has 160 valence electrons. The number of rotatable bonds is 7. The number of thiophene rings is 1. The first-order chi connectivity index (χ1) is 15.0. The van der Waals surface area contributed by atoms with Gasteiger partial charge < -0.3 is 14.6 Å². The minimum Gasteiger partial charge on any atom is -0.484 e. The number of carbonyl (C=O) groups excluding carboxylic acids is 1. The summed E-state index contributed by atoms with van der Waals surface area (Å²) in [6, 6.07) is 13.2. The monoisotopic (exact) mass is 456 g/mol. The molecule has 0 saturated carbocycles. The molecule has 8 heteroatoms. The van der Waals surface area contributed by atoms with Crippen LogP contribution in [0.25, 0.3) is 16.2 Å². The molecule has 6 nitrogen and oxygen atoms in total. The molecule has 1 aromatic carbocycles. The molecular formula is C23H21ClN2O4S. The van der Waals surface area contributed by atoms with E-state index < -0.39 is 12.1 Å². The van der Waals surface area contributed by atoms with E-state index in [-0.39, 0.29) is 6.61 Å². The summed E-state index contributed by atoms with van der Waals surface area (Å²) in [5, 5.41) is 9.67. The van der Waals surface area contributed by atoms with Crippen molar-refractivity contribution in [2.45, 2.75) is 19.4 Å². The Bertz CT molecular complexity index is 1230. The van der Waals surface area contributed by atoms with Gasteiger partial charge in [0.05, 0.1) is 23.9 Å². The van der Waals surface area contributed by atoms with Crippen LogP contribution in [-0.4, -0.2) is 34.2 Å². The topological polar surface area (TPSA) is 73.1 Å². The second-order valence-corrected chi connectivity index (χ2v) is 8.42.